The van der Waals surface area contributed by atoms with E-state index in [2.05, 4.69) is 15.6 Å². The first kappa shape index (κ1) is 21.4. The summed E-state index contributed by atoms with van der Waals surface area (Å²) in [5, 5.41) is 5.24. The van der Waals surface area contributed by atoms with Gasteiger partial charge in [0.1, 0.15) is 0 Å². The molecule has 0 saturated heterocycles. The molecule has 1 fully saturated rings. The molecule has 1 aromatic carbocycles. The summed E-state index contributed by atoms with van der Waals surface area (Å²) in [6, 6.07) is 5.97. The average Bonchev–Trinajstić information content (AvgIpc) is 2.69. The van der Waals surface area contributed by atoms with Crippen molar-refractivity contribution in [2.45, 2.75) is 50.6 Å². The lowest BCUT2D eigenvalue weighted by Gasteiger charge is -2.29. The van der Waals surface area contributed by atoms with E-state index in [1.165, 1.54) is 0 Å². The molecule has 9 heteroatoms. The fourth-order valence-electron chi connectivity index (χ4n) is 3.21. The second kappa shape index (κ2) is 9.45. The van der Waals surface area contributed by atoms with Crippen LogP contribution in [0, 0.1) is 0 Å². The predicted octanol–water partition coefficient (Wildman–Crippen LogP) is 5.40. The van der Waals surface area contributed by atoms with Gasteiger partial charge in [-0.15, -0.1) is 0 Å². The third-order valence-corrected chi connectivity index (χ3v) is 5.12. The van der Waals surface area contributed by atoms with Crippen LogP contribution in [0.15, 0.2) is 42.7 Å². The molecule has 1 saturated carbocycles. The predicted molar refractivity (Wildman–Crippen MR) is 104 cm³/mol. The van der Waals surface area contributed by atoms with Crippen LogP contribution in [0.2, 0.25) is 5.02 Å². The van der Waals surface area contributed by atoms with Gasteiger partial charge in [0, 0.05) is 18.4 Å². The quantitative estimate of drug-likeness (QED) is 0.671. The largest absolute Gasteiger partial charge is 0.416 e. The first-order valence-electron chi connectivity index (χ1n) is 9.26. The van der Waals surface area contributed by atoms with Crippen LogP contribution in [0.4, 0.5) is 23.7 Å². The normalized spacial score (nSPS) is 19.6. The van der Waals surface area contributed by atoms with Gasteiger partial charge in [0.15, 0.2) is 0 Å². The molecular formula is C20H21ClF3N3O2. The lowest BCUT2D eigenvalue weighted by molar-refractivity contribution is -0.137. The summed E-state index contributed by atoms with van der Waals surface area (Å²) in [4.78, 5) is 16.2. The molecule has 2 aromatic rings. The minimum atomic E-state index is -4.51. The van der Waals surface area contributed by atoms with Crippen molar-refractivity contribution in [1.82, 2.24) is 10.3 Å². The Balaban J connectivity index is 1.45. The molecule has 0 aliphatic heterocycles. The molecule has 5 nitrogen and oxygen atoms in total. The summed E-state index contributed by atoms with van der Waals surface area (Å²) in [7, 11) is 0. The molecule has 2 N–H and O–H groups in total. The van der Waals surface area contributed by atoms with Gasteiger partial charge in [-0.05, 0) is 61.6 Å². The molecule has 0 atom stereocenters. The standard InChI is InChI=1S/C20H21ClF3N3O2/c21-17-6-1-14(20(22,23)24)11-18(17)27-19(28)26-15-2-4-16(5-3-15)29-12-13-7-9-25-10-8-13/h1,6-11,15-16H,2-5,12H2,(H2,26,27,28). The fourth-order valence-corrected chi connectivity index (χ4v) is 3.37. The highest BCUT2D eigenvalue weighted by Crippen LogP contribution is 2.33. The smallest absolute Gasteiger partial charge is 0.374 e. The summed E-state index contributed by atoms with van der Waals surface area (Å²) < 4.78 is 44.4. The minimum Gasteiger partial charge on any atom is -0.374 e. The zero-order chi connectivity index (χ0) is 20.9. The first-order chi connectivity index (χ1) is 13.8. The van der Waals surface area contributed by atoms with E-state index in [0.717, 1.165) is 49.4 Å². The number of alkyl halides is 3. The topological polar surface area (TPSA) is 63.2 Å². The number of anilines is 1. The zero-order valence-corrected chi connectivity index (χ0v) is 16.3. The van der Waals surface area contributed by atoms with Crippen molar-refractivity contribution in [1.29, 1.82) is 0 Å². The van der Waals surface area contributed by atoms with E-state index in [-0.39, 0.29) is 22.9 Å². The van der Waals surface area contributed by atoms with Gasteiger partial charge in [0.2, 0.25) is 0 Å². The van der Waals surface area contributed by atoms with Crippen LogP contribution in [0.5, 0.6) is 0 Å². The number of rotatable bonds is 5. The van der Waals surface area contributed by atoms with Crippen LogP contribution >= 0.6 is 11.6 Å². The number of aromatic nitrogens is 1. The van der Waals surface area contributed by atoms with Crippen molar-refractivity contribution in [3.8, 4) is 0 Å². The van der Waals surface area contributed by atoms with Crippen molar-refractivity contribution < 1.29 is 22.7 Å². The number of amides is 2. The zero-order valence-electron chi connectivity index (χ0n) is 15.5. The van der Waals surface area contributed by atoms with Gasteiger partial charge >= 0.3 is 12.2 Å². The van der Waals surface area contributed by atoms with Crippen LogP contribution < -0.4 is 10.6 Å². The number of carbonyl (C=O) groups is 1. The number of nitrogens with one attached hydrogen (secondary N) is 2. The van der Waals surface area contributed by atoms with Gasteiger partial charge in [-0.1, -0.05) is 11.6 Å². The van der Waals surface area contributed by atoms with Gasteiger partial charge in [0.25, 0.3) is 0 Å². The van der Waals surface area contributed by atoms with Crippen LogP contribution in [0.1, 0.15) is 36.8 Å². The van der Waals surface area contributed by atoms with Gasteiger partial charge in [-0.3, -0.25) is 4.98 Å². The second-order valence-electron chi connectivity index (χ2n) is 6.93. The Morgan fingerprint density at radius 3 is 2.48 bits per heavy atom. The number of carbonyl (C=O) groups excluding carboxylic acids is 1. The monoisotopic (exact) mass is 427 g/mol. The molecule has 29 heavy (non-hydrogen) atoms. The number of benzene rings is 1. The summed E-state index contributed by atoms with van der Waals surface area (Å²) in [5.74, 6) is 0. The molecule has 1 aliphatic carbocycles. The number of nitrogens with zero attached hydrogens (tertiary/aromatic N) is 1. The molecular weight excluding hydrogens is 407 g/mol. The van der Waals surface area contributed by atoms with E-state index in [9.17, 15) is 18.0 Å². The molecule has 0 bridgehead atoms. The van der Waals surface area contributed by atoms with Crippen molar-refractivity contribution >= 4 is 23.3 Å². The lowest BCUT2D eigenvalue weighted by Crippen LogP contribution is -2.41. The van der Waals surface area contributed by atoms with Gasteiger partial charge in [-0.25, -0.2) is 4.79 Å². The average molecular weight is 428 g/mol. The number of ether oxygens (including phenoxy) is 1. The maximum Gasteiger partial charge on any atom is 0.416 e. The van der Waals surface area contributed by atoms with E-state index < -0.39 is 17.8 Å². The number of urea groups is 1. The van der Waals surface area contributed by atoms with Gasteiger partial charge in [-0.2, -0.15) is 13.2 Å². The molecule has 3 rings (SSSR count). The second-order valence-corrected chi connectivity index (χ2v) is 7.34. The molecule has 1 aromatic heterocycles. The van der Waals surface area contributed by atoms with E-state index in [1.54, 1.807) is 12.4 Å². The van der Waals surface area contributed by atoms with Crippen molar-refractivity contribution in [3.63, 3.8) is 0 Å². The molecule has 0 unspecified atom stereocenters. The van der Waals surface area contributed by atoms with Crippen molar-refractivity contribution in [3.05, 3.63) is 58.9 Å². The third-order valence-electron chi connectivity index (χ3n) is 4.79. The highest BCUT2D eigenvalue weighted by molar-refractivity contribution is 6.33. The molecule has 1 heterocycles. The Morgan fingerprint density at radius 2 is 1.83 bits per heavy atom. The van der Waals surface area contributed by atoms with E-state index in [4.69, 9.17) is 16.3 Å². The summed E-state index contributed by atoms with van der Waals surface area (Å²) >= 11 is 5.91. The Hall–Kier alpha value is -2.32. The Morgan fingerprint density at radius 1 is 1.14 bits per heavy atom. The SMILES string of the molecule is O=C(Nc1cc(C(F)(F)F)ccc1Cl)NC1CCC(OCc2ccncc2)CC1. The first-order valence-corrected chi connectivity index (χ1v) is 9.64. The van der Waals surface area contributed by atoms with Crippen molar-refractivity contribution in [2.24, 2.45) is 0 Å². The summed E-state index contributed by atoms with van der Waals surface area (Å²) in [6.45, 7) is 0.514. The third kappa shape index (κ3) is 6.33. The molecule has 1 aliphatic rings. The van der Waals surface area contributed by atoms with Crippen LogP contribution in [-0.2, 0) is 17.5 Å². The molecule has 0 radical (unpaired) electrons. The fraction of sp³-hybridized carbons (Fsp3) is 0.400. The van der Waals surface area contributed by atoms with Crippen LogP contribution in [-0.4, -0.2) is 23.2 Å². The summed E-state index contributed by atoms with van der Waals surface area (Å²) in [6.07, 6.45) is 2.08. The van der Waals surface area contributed by atoms with Gasteiger partial charge < -0.3 is 15.4 Å². The highest BCUT2D eigenvalue weighted by Gasteiger charge is 2.31. The Bertz CT molecular complexity index is 825. The number of hydrogen-bond donors (Lipinski definition) is 2. The highest BCUT2D eigenvalue weighted by atomic mass is 35.5. The lowest BCUT2D eigenvalue weighted by atomic mass is 9.93. The maximum absolute atomic E-state index is 12.8. The Kier molecular flexibility index (Phi) is 6.97. The number of halogens is 4. The number of hydrogen-bond acceptors (Lipinski definition) is 3. The van der Waals surface area contributed by atoms with Crippen LogP contribution in [0.25, 0.3) is 0 Å². The van der Waals surface area contributed by atoms with E-state index in [1.807, 2.05) is 12.1 Å². The maximum atomic E-state index is 12.8. The van der Waals surface area contributed by atoms with E-state index >= 15 is 0 Å². The molecule has 2 amide bonds. The van der Waals surface area contributed by atoms with Crippen molar-refractivity contribution in [2.75, 3.05) is 5.32 Å². The van der Waals surface area contributed by atoms with Gasteiger partial charge in [0.05, 0.1) is 29.0 Å². The van der Waals surface area contributed by atoms with E-state index in [0.29, 0.717) is 6.61 Å². The minimum absolute atomic E-state index is 0.0429. The molecule has 156 valence electrons. The summed E-state index contributed by atoms with van der Waals surface area (Å²) in [5.41, 5.74) is 0.106. The molecule has 0 spiro atoms. The van der Waals surface area contributed by atoms with Crippen LogP contribution in [0.3, 0.4) is 0 Å². The number of pyridine rings is 1. The Labute approximate surface area is 171 Å².